The van der Waals surface area contributed by atoms with Crippen LogP contribution in [-0.4, -0.2) is 18.4 Å². The number of carbonyl (C=O) groups is 2. The van der Waals surface area contributed by atoms with E-state index in [1.807, 2.05) is 30.3 Å². The summed E-state index contributed by atoms with van der Waals surface area (Å²) in [5, 5.41) is 5.63. The molecule has 0 fully saturated rings. The van der Waals surface area contributed by atoms with Gasteiger partial charge in [0.2, 0.25) is 5.91 Å². The van der Waals surface area contributed by atoms with Gasteiger partial charge in [0.15, 0.2) is 6.61 Å². The highest BCUT2D eigenvalue weighted by atomic mass is 16.5. The molecule has 0 saturated carbocycles. The van der Waals surface area contributed by atoms with E-state index in [1.54, 1.807) is 12.1 Å². The molecule has 2 aromatic carbocycles. The fraction of sp³-hybridized carbons (Fsp3) is 0.263. The summed E-state index contributed by atoms with van der Waals surface area (Å²) in [4.78, 5) is 23.6. The number of amides is 2. The van der Waals surface area contributed by atoms with E-state index in [0.717, 1.165) is 11.3 Å². The summed E-state index contributed by atoms with van der Waals surface area (Å²) in [5.74, 6) is 0.801. The molecule has 0 unspecified atom stereocenters. The molecule has 3 rings (SSSR count). The molecule has 0 spiro atoms. The Bertz CT molecular complexity index is 767. The second-order valence-corrected chi connectivity index (χ2v) is 6.17. The molecule has 0 radical (unpaired) electrons. The number of hydrogen-bond donors (Lipinski definition) is 2. The number of carbonyl (C=O) groups excluding carboxylic acids is 2. The molecular formula is C19H20N2O3. The molecule has 1 aliphatic rings. The van der Waals surface area contributed by atoms with Crippen LogP contribution in [0.5, 0.6) is 5.75 Å². The van der Waals surface area contributed by atoms with Crippen LogP contribution in [0.25, 0.3) is 0 Å². The van der Waals surface area contributed by atoms with Gasteiger partial charge in [-0.25, -0.2) is 0 Å². The first-order chi connectivity index (χ1) is 11.5. The summed E-state index contributed by atoms with van der Waals surface area (Å²) in [7, 11) is 0. The van der Waals surface area contributed by atoms with Crippen molar-refractivity contribution in [2.75, 3.05) is 17.2 Å². The van der Waals surface area contributed by atoms with Crippen molar-refractivity contribution in [3.05, 3.63) is 53.6 Å². The number of hydrogen-bond acceptors (Lipinski definition) is 3. The zero-order valence-electron chi connectivity index (χ0n) is 13.8. The van der Waals surface area contributed by atoms with E-state index in [1.165, 1.54) is 5.56 Å². The van der Waals surface area contributed by atoms with Crippen molar-refractivity contribution in [2.45, 2.75) is 26.2 Å². The van der Waals surface area contributed by atoms with Gasteiger partial charge in [-0.05, 0) is 41.3 Å². The lowest BCUT2D eigenvalue weighted by atomic mass is 10.0. The zero-order chi connectivity index (χ0) is 17.1. The van der Waals surface area contributed by atoms with Crippen molar-refractivity contribution >= 4 is 23.2 Å². The van der Waals surface area contributed by atoms with E-state index < -0.39 is 0 Å². The molecule has 1 aliphatic heterocycles. The maximum atomic E-state index is 12.2. The highest BCUT2D eigenvalue weighted by Gasteiger charge is 2.16. The van der Waals surface area contributed by atoms with Crippen LogP contribution < -0.4 is 15.4 Å². The lowest BCUT2D eigenvalue weighted by Crippen LogP contribution is -2.25. The largest absolute Gasteiger partial charge is 0.482 e. The van der Waals surface area contributed by atoms with E-state index in [9.17, 15) is 9.59 Å². The lowest BCUT2D eigenvalue weighted by molar-refractivity contribution is -0.118. The van der Waals surface area contributed by atoms with Gasteiger partial charge < -0.3 is 15.4 Å². The average Bonchev–Trinajstić information content (AvgIpc) is 2.54. The number of anilines is 2. The Hall–Kier alpha value is -2.82. The Morgan fingerprint density at radius 2 is 1.96 bits per heavy atom. The van der Waals surface area contributed by atoms with Crippen LogP contribution >= 0.6 is 0 Å². The minimum Gasteiger partial charge on any atom is -0.482 e. The van der Waals surface area contributed by atoms with Gasteiger partial charge in [-0.2, -0.15) is 0 Å². The Morgan fingerprint density at radius 3 is 2.67 bits per heavy atom. The molecule has 24 heavy (non-hydrogen) atoms. The third-order valence-corrected chi connectivity index (χ3v) is 3.90. The first kappa shape index (κ1) is 16.1. The van der Waals surface area contributed by atoms with Gasteiger partial charge in [0.05, 0.1) is 12.1 Å². The Kier molecular flexibility index (Phi) is 4.51. The average molecular weight is 324 g/mol. The number of ether oxygens (including phenoxy) is 1. The highest BCUT2D eigenvalue weighted by molar-refractivity contribution is 5.96. The Balaban J connectivity index is 1.64. The third-order valence-electron chi connectivity index (χ3n) is 3.90. The summed E-state index contributed by atoms with van der Waals surface area (Å²) in [6, 6.07) is 13.2. The van der Waals surface area contributed by atoms with Gasteiger partial charge in [0.25, 0.3) is 5.91 Å². The normalized spacial score (nSPS) is 13.0. The van der Waals surface area contributed by atoms with Crippen molar-refractivity contribution in [3.63, 3.8) is 0 Å². The van der Waals surface area contributed by atoms with Crippen LogP contribution in [0, 0.1) is 0 Å². The van der Waals surface area contributed by atoms with Crippen molar-refractivity contribution in [1.29, 1.82) is 0 Å². The molecular weight excluding hydrogens is 304 g/mol. The number of nitrogens with one attached hydrogen (secondary N) is 2. The highest BCUT2D eigenvalue weighted by Crippen LogP contribution is 2.28. The number of fused-ring (bicyclic) bond motifs is 1. The molecule has 0 bridgehead atoms. The molecule has 1 heterocycles. The van der Waals surface area contributed by atoms with E-state index >= 15 is 0 Å². The topological polar surface area (TPSA) is 67.4 Å². The Morgan fingerprint density at radius 1 is 1.21 bits per heavy atom. The fourth-order valence-electron chi connectivity index (χ4n) is 2.58. The monoisotopic (exact) mass is 324 g/mol. The quantitative estimate of drug-likeness (QED) is 0.906. The van der Waals surface area contributed by atoms with Crippen molar-refractivity contribution in [2.24, 2.45) is 0 Å². The van der Waals surface area contributed by atoms with Crippen LogP contribution in [-0.2, 0) is 16.0 Å². The van der Waals surface area contributed by atoms with Crippen molar-refractivity contribution in [1.82, 2.24) is 0 Å². The molecule has 2 aromatic rings. The van der Waals surface area contributed by atoms with Crippen LogP contribution in [0.1, 0.15) is 30.9 Å². The van der Waals surface area contributed by atoms with E-state index in [0.29, 0.717) is 17.4 Å². The molecule has 0 aliphatic carbocycles. The third kappa shape index (κ3) is 3.74. The molecule has 2 amide bonds. The van der Waals surface area contributed by atoms with Crippen LogP contribution in [0.15, 0.2) is 42.5 Å². The van der Waals surface area contributed by atoms with Crippen LogP contribution in [0.4, 0.5) is 11.4 Å². The summed E-state index contributed by atoms with van der Waals surface area (Å²) < 4.78 is 5.31. The Labute approximate surface area is 141 Å². The van der Waals surface area contributed by atoms with Gasteiger partial charge in [-0.15, -0.1) is 0 Å². The van der Waals surface area contributed by atoms with Gasteiger partial charge in [0, 0.05) is 5.69 Å². The SMILES string of the molecule is CC(C)c1ccc(NC(=O)Cc2ccc3c(c2)NC(=O)CO3)cc1. The molecule has 0 atom stereocenters. The standard InChI is InChI=1S/C19H20N2O3/c1-12(2)14-4-6-15(7-5-14)20-18(22)10-13-3-8-17-16(9-13)21-19(23)11-24-17/h3-9,12H,10-11H2,1-2H3,(H,20,22)(H,21,23). The maximum absolute atomic E-state index is 12.2. The molecule has 2 N–H and O–H groups in total. The molecule has 0 saturated heterocycles. The summed E-state index contributed by atoms with van der Waals surface area (Å²) >= 11 is 0. The minimum atomic E-state index is -0.186. The molecule has 5 heteroatoms. The van der Waals surface area contributed by atoms with Crippen molar-refractivity contribution < 1.29 is 14.3 Å². The smallest absolute Gasteiger partial charge is 0.262 e. The maximum Gasteiger partial charge on any atom is 0.262 e. The van der Waals surface area contributed by atoms with Crippen LogP contribution in [0.2, 0.25) is 0 Å². The second-order valence-electron chi connectivity index (χ2n) is 6.17. The van der Waals surface area contributed by atoms with E-state index in [-0.39, 0.29) is 24.8 Å². The first-order valence-corrected chi connectivity index (χ1v) is 7.96. The predicted octanol–water partition coefficient (Wildman–Crippen LogP) is 3.32. The van der Waals surface area contributed by atoms with Gasteiger partial charge in [0.1, 0.15) is 5.75 Å². The van der Waals surface area contributed by atoms with Gasteiger partial charge in [-0.1, -0.05) is 32.0 Å². The lowest BCUT2D eigenvalue weighted by Gasteiger charge is -2.18. The predicted molar refractivity (Wildman–Crippen MR) is 93.4 cm³/mol. The summed E-state index contributed by atoms with van der Waals surface area (Å²) in [5.41, 5.74) is 3.44. The van der Waals surface area contributed by atoms with Gasteiger partial charge in [-0.3, -0.25) is 9.59 Å². The number of benzene rings is 2. The summed E-state index contributed by atoms with van der Waals surface area (Å²) in [6.45, 7) is 4.29. The second kappa shape index (κ2) is 6.74. The molecule has 124 valence electrons. The number of rotatable bonds is 4. The zero-order valence-corrected chi connectivity index (χ0v) is 13.8. The van der Waals surface area contributed by atoms with Crippen molar-refractivity contribution in [3.8, 4) is 5.75 Å². The fourth-order valence-corrected chi connectivity index (χ4v) is 2.58. The van der Waals surface area contributed by atoms with Gasteiger partial charge >= 0.3 is 0 Å². The molecule has 5 nitrogen and oxygen atoms in total. The minimum absolute atomic E-state index is 0.0270. The summed E-state index contributed by atoms with van der Waals surface area (Å²) in [6.07, 6.45) is 0.231. The van der Waals surface area contributed by atoms with E-state index in [4.69, 9.17) is 4.74 Å². The first-order valence-electron chi connectivity index (χ1n) is 7.96. The molecule has 0 aromatic heterocycles. The van der Waals surface area contributed by atoms with E-state index in [2.05, 4.69) is 24.5 Å². The van der Waals surface area contributed by atoms with Crippen LogP contribution in [0.3, 0.4) is 0 Å².